The highest BCUT2D eigenvalue weighted by Crippen LogP contribution is 2.22. The van der Waals surface area contributed by atoms with E-state index in [4.69, 9.17) is 0 Å². The topological polar surface area (TPSA) is 0 Å². The maximum Gasteiger partial charge on any atom is 0.0814 e. The Bertz CT molecular complexity index is 670. The molecular formula is C30H56Si2. The molecule has 0 atom stereocenters. The van der Waals surface area contributed by atoms with Crippen LogP contribution < -0.4 is 10.4 Å². The molecular weight excluding hydrogens is 417 g/mol. The fourth-order valence-corrected chi connectivity index (χ4v) is 11.4. The molecule has 0 N–H and O–H groups in total. The van der Waals surface area contributed by atoms with E-state index in [0.717, 1.165) is 0 Å². The lowest BCUT2D eigenvalue weighted by atomic mass is 10.1. The molecule has 0 nitrogen and oxygen atoms in total. The van der Waals surface area contributed by atoms with E-state index in [0.29, 0.717) is 0 Å². The zero-order chi connectivity index (χ0) is 24.0. The average Bonchev–Trinajstić information content (AvgIpc) is 2.74. The van der Waals surface area contributed by atoms with Gasteiger partial charge in [-0.15, -0.1) is 0 Å². The fourth-order valence-electron chi connectivity index (χ4n) is 5.32. The molecule has 0 fully saturated rings. The van der Waals surface area contributed by atoms with E-state index in [-0.39, 0.29) is 0 Å². The van der Waals surface area contributed by atoms with Crippen LogP contribution in [0.3, 0.4) is 0 Å². The van der Waals surface area contributed by atoms with Crippen molar-refractivity contribution in [3.8, 4) is 0 Å². The zero-order valence-corrected chi connectivity index (χ0v) is 25.2. The van der Waals surface area contributed by atoms with Crippen LogP contribution in [0.15, 0.2) is 18.2 Å². The van der Waals surface area contributed by atoms with Gasteiger partial charge in [0, 0.05) is 0 Å². The Morgan fingerprint density at radius 2 is 1.06 bits per heavy atom. The molecule has 0 radical (unpaired) electrons. The van der Waals surface area contributed by atoms with Gasteiger partial charge >= 0.3 is 0 Å². The molecule has 0 spiro atoms. The van der Waals surface area contributed by atoms with Crippen molar-refractivity contribution in [2.24, 2.45) is 0 Å². The molecule has 0 saturated carbocycles. The van der Waals surface area contributed by atoms with Gasteiger partial charge in [0.2, 0.25) is 0 Å². The summed E-state index contributed by atoms with van der Waals surface area (Å²) in [6.07, 6.45) is 21.6. The zero-order valence-electron chi connectivity index (χ0n) is 23.2. The highest BCUT2D eigenvalue weighted by atomic mass is 28.3. The quantitative estimate of drug-likeness (QED) is 0.156. The highest BCUT2D eigenvalue weighted by molar-refractivity contribution is 6.92. The Balaban J connectivity index is 2.92. The van der Waals surface area contributed by atoms with E-state index in [1.54, 1.807) is 21.5 Å². The van der Waals surface area contributed by atoms with Crippen LogP contribution in [0.2, 0.25) is 38.3 Å². The number of aryl methyl sites for hydroxylation is 1. The minimum absolute atomic E-state index is 1.34. The molecule has 1 aromatic rings. The van der Waals surface area contributed by atoms with E-state index >= 15 is 0 Å². The summed E-state index contributed by atoms with van der Waals surface area (Å²) >= 11 is 0. The number of hydrogen-bond donors (Lipinski definition) is 0. The smallest absolute Gasteiger partial charge is 0.0814 e. The fraction of sp³-hybridized carbons (Fsp3) is 0.733. The van der Waals surface area contributed by atoms with Crippen molar-refractivity contribution in [2.75, 3.05) is 0 Å². The van der Waals surface area contributed by atoms with Gasteiger partial charge in [-0.25, -0.2) is 0 Å². The van der Waals surface area contributed by atoms with Crippen LogP contribution in [-0.2, 0) is 0 Å². The minimum atomic E-state index is -1.42. The van der Waals surface area contributed by atoms with Crippen molar-refractivity contribution in [2.45, 2.75) is 143 Å². The molecule has 0 aliphatic carbocycles. The monoisotopic (exact) mass is 472 g/mol. The summed E-state index contributed by atoms with van der Waals surface area (Å²) in [4.78, 5) is 0. The summed E-state index contributed by atoms with van der Waals surface area (Å²) in [6.45, 7) is 19.6. The third-order valence-corrected chi connectivity index (χ3v) is 14.6. The van der Waals surface area contributed by atoms with Crippen LogP contribution >= 0.6 is 0 Å². The van der Waals surface area contributed by atoms with E-state index in [9.17, 15) is 0 Å². The number of unbranched alkanes of at least 4 members (excludes halogenated alkanes) is 10. The van der Waals surface area contributed by atoms with Gasteiger partial charge in [0.25, 0.3) is 0 Å². The van der Waals surface area contributed by atoms with Crippen molar-refractivity contribution < 1.29 is 0 Å². The van der Waals surface area contributed by atoms with Gasteiger partial charge in [-0.2, -0.15) is 0 Å². The number of rotatable bonds is 17. The van der Waals surface area contributed by atoms with Crippen LogP contribution in [0, 0.1) is 6.92 Å². The normalized spacial score (nSPS) is 12.8. The van der Waals surface area contributed by atoms with Crippen LogP contribution in [0.1, 0.15) is 109 Å². The van der Waals surface area contributed by atoms with E-state index < -0.39 is 16.1 Å². The van der Waals surface area contributed by atoms with Crippen LogP contribution in [-0.4, -0.2) is 16.1 Å². The SMILES string of the molecule is C/C=C/c1cc([Si](C)(C)CCCCCCCC)c(C)cc1[Si](C)(C)CCCCCCCC. The first-order valence-electron chi connectivity index (χ1n) is 14.0. The Hall–Kier alpha value is -0.606. The lowest BCUT2D eigenvalue weighted by Gasteiger charge is -2.30. The first-order valence-corrected chi connectivity index (χ1v) is 20.4. The Labute approximate surface area is 204 Å². The largest absolute Gasteiger partial charge is 0.0871 e. The first kappa shape index (κ1) is 29.4. The van der Waals surface area contributed by atoms with Gasteiger partial charge in [0.05, 0.1) is 16.1 Å². The second kappa shape index (κ2) is 15.3. The summed E-state index contributed by atoms with van der Waals surface area (Å²) < 4.78 is 0. The van der Waals surface area contributed by atoms with Gasteiger partial charge in [0.1, 0.15) is 0 Å². The molecule has 0 bridgehead atoms. The Kier molecular flexibility index (Phi) is 14.1. The maximum absolute atomic E-state index is 2.63. The van der Waals surface area contributed by atoms with E-state index in [1.807, 2.05) is 0 Å². The molecule has 32 heavy (non-hydrogen) atoms. The maximum atomic E-state index is 2.63. The molecule has 1 rings (SSSR count). The summed E-state index contributed by atoms with van der Waals surface area (Å²) in [5.41, 5.74) is 3.12. The number of allylic oxidation sites excluding steroid dienone is 1. The number of benzene rings is 1. The van der Waals surface area contributed by atoms with Gasteiger partial charge < -0.3 is 0 Å². The second-order valence-corrected chi connectivity index (χ2v) is 21.2. The van der Waals surface area contributed by atoms with E-state index in [1.165, 1.54) is 89.1 Å². The number of hydrogen-bond acceptors (Lipinski definition) is 0. The third kappa shape index (κ3) is 10.1. The van der Waals surface area contributed by atoms with Crippen LogP contribution in [0.25, 0.3) is 6.08 Å². The first-order chi connectivity index (χ1) is 15.2. The molecule has 0 aliphatic rings. The summed E-state index contributed by atoms with van der Waals surface area (Å²) in [5, 5.41) is 3.42. The predicted octanol–water partition coefficient (Wildman–Crippen LogP) is 9.58. The highest BCUT2D eigenvalue weighted by Gasteiger charge is 2.30. The molecule has 0 unspecified atom stereocenters. The Morgan fingerprint density at radius 1 is 0.625 bits per heavy atom. The molecule has 0 amide bonds. The summed E-state index contributed by atoms with van der Waals surface area (Å²) in [6, 6.07) is 8.13. The molecule has 0 aliphatic heterocycles. The molecule has 0 saturated heterocycles. The average molecular weight is 473 g/mol. The van der Waals surface area contributed by atoms with Gasteiger partial charge in [-0.05, 0) is 19.4 Å². The Morgan fingerprint density at radius 3 is 1.53 bits per heavy atom. The molecule has 2 heteroatoms. The standard InChI is InChI=1S/C30H56Si2/c1-9-12-14-16-18-20-23-31(5,6)29-26-28(22-11-3)30(25-27(29)4)32(7,8)24-21-19-17-15-13-10-2/h11,22,25-26H,9-10,12-21,23-24H2,1-8H3/b22-11+. The molecule has 0 heterocycles. The van der Waals surface area contributed by atoms with Crippen LogP contribution in [0.5, 0.6) is 0 Å². The molecule has 0 aromatic heterocycles. The van der Waals surface area contributed by atoms with Crippen molar-refractivity contribution in [1.29, 1.82) is 0 Å². The molecule has 1 aromatic carbocycles. The van der Waals surface area contributed by atoms with Gasteiger partial charge in [0.15, 0.2) is 0 Å². The minimum Gasteiger partial charge on any atom is -0.0871 e. The van der Waals surface area contributed by atoms with Crippen molar-refractivity contribution in [3.05, 3.63) is 29.3 Å². The van der Waals surface area contributed by atoms with Crippen molar-refractivity contribution in [1.82, 2.24) is 0 Å². The lowest BCUT2D eigenvalue weighted by molar-refractivity contribution is 0.622. The van der Waals surface area contributed by atoms with Gasteiger partial charge in [-0.1, -0.05) is 169 Å². The predicted molar refractivity (Wildman–Crippen MR) is 156 cm³/mol. The van der Waals surface area contributed by atoms with Crippen LogP contribution in [0.4, 0.5) is 0 Å². The second-order valence-electron chi connectivity index (χ2n) is 11.6. The third-order valence-electron chi connectivity index (χ3n) is 7.51. The van der Waals surface area contributed by atoms with E-state index in [2.05, 4.69) is 78.2 Å². The lowest BCUT2D eigenvalue weighted by Crippen LogP contribution is -2.48. The van der Waals surface area contributed by atoms with Crippen molar-refractivity contribution >= 4 is 32.6 Å². The summed E-state index contributed by atoms with van der Waals surface area (Å²) in [5.74, 6) is 0. The summed E-state index contributed by atoms with van der Waals surface area (Å²) in [7, 11) is -2.82. The van der Waals surface area contributed by atoms with Gasteiger partial charge in [-0.3, -0.25) is 0 Å². The molecule has 184 valence electrons. The van der Waals surface area contributed by atoms with Crippen molar-refractivity contribution in [3.63, 3.8) is 0 Å².